The van der Waals surface area contributed by atoms with Gasteiger partial charge in [0, 0.05) is 19.0 Å². The Labute approximate surface area is 97.8 Å². The van der Waals surface area contributed by atoms with Gasteiger partial charge in [-0.05, 0) is 31.7 Å². The molecule has 0 saturated heterocycles. The summed E-state index contributed by atoms with van der Waals surface area (Å²) in [5, 5.41) is 15.6. The standard InChI is InChI=1S/C12H24N2O2/c1-9(2)13-7-3-4-12(16)14-8-11(15)10-5-6-10/h9-11,13,15H,3-8H2,1-2H3,(H,14,16). The monoisotopic (exact) mass is 228 g/mol. The molecule has 0 radical (unpaired) electrons. The van der Waals surface area contributed by atoms with E-state index in [-0.39, 0.29) is 12.0 Å². The van der Waals surface area contributed by atoms with Crippen molar-refractivity contribution in [3.05, 3.63) is 0 Å². The summed E-state index contributed by atoms with van der Waals surface area (Å²) in [6.45, 7) is 5.47. The Bertz CT molecular complexity index is 215. The van der Waals surface area contributed by atoms with Crippen molar-refractivity contribution in [3.63, 3.8) is 0 Å². The molecule has 16 heavy (non-hydrogen) atoms. The molecule has 0 heterocycles. The first-order valence-electron chi connectivity index (χ1n) is 6.27. The van der Waals surface area contributed by atoms with Gasteiger partial charge in [-0.15, -0.1) is 0 Å². The Morgan fingerprint density at radius 1 is 1.44 bits per heavy atom. The maximum absolute atomic E-state index is 11.4. The van der Waals surface area contributed by atoms with Gasteiger partial charge in [-0.1, -0.05) is 13.8 Å². The number of amides is 1. The molecular formula is C12H24N2O2. The van der Waals surface area contributed by atoms with Crippen LogP contribution in [0.4, 0.5) is 0 Å². The lowest BCUT2D eigenvalue weighted by atomic mass is 10.2. The molecule has 1 saturated carbocycles. The van der Waals surface area contributed by atoms with Crippen LogP contribution in [0.1, 0.15) is 39.5 Å². The molecule has 0 bridgehead atoms. The van der Waals surface area contributed by atoms with Crippen LogP contribution in [0.2, 0.25) is 0 Å². The van der Waals surface area contributed by atoms with Crippen LogP contribution in [-0.2, 0) is 4.79 Å². The number of aliphatic hydroxyl groups excluding tert-OH is 1. The van der Waals surface area contributed by atoms with E-state index < -0.39 is 0 Å². The Morgan fingerprint density at radius 2 is 2.12 bits per heavy atom. The molecule has 1 rings (SSSR count). The lowest BCUT2D eigenvalue weighted by molar-refractivity contribution is -0.121. The Balaban J connectivity index is 1.93. The van der Waals surface area contributed by atoms with Crippen molar-refractivity contribution in [2.75, 3.05) is 13.1 Å². The van der Waals surface area contributed by atoms with Gasteiger partial charge in [0.05, 0.1) is 6.10 Å². The van der Waals surface area contributed by atoms with Crippen molar-refractivity contribution in [1.82, 2.24) is 10.6 Å². The minimum absolute atomic E-state index is 0.0465. The van der Waals surface area contributed by atoms with Gasteiger partial charge in [-0.3, -0.25) is 4.79 Å². The zero-order chi connectivity index (χ0) is 12.0. The molecule has 1 amide bonds. The second-order valence-electron chi connectivity index (χ2n) is 4.92. The van der Waals surface area contributed by atoms with Crippen LogP contribution in [0.25, 0.3) is 0 Å². The van der Waals surface area contributed by atoms with Gasteiger partial charge >= 0.3 is 0 Å². The molecule has 1 atom stereocenters. The predicted molar refractivity (Wildman–Crippen MR) is 64.1 cm³/mol. The van der Waals surface area contributed by atoms with Gasteiger partial charge < -0.3 is 15.7 Å². The van der Waals surface area contributed by atoms with Crippen molar-refractivity contribution >= 4 is 5.91 Å². The van der Waals surface area contributed by atoms with E-state index in [9.17, 15) is 9.90 Å². The predicted octanol–water partition coefficient (Wildman–Crippen LogP) is 0.652. The summed E-state index contributed by atoms with van der Waals surface area (Å²) in [7, 11) is 0. The molecule has 0 aromatic carbocycles. The Kier molecular flexibility index (Phi) is 5.77. The fourth-order valence-electron chi connectivity index (χ4n) is 1.59. The van der Waals surface area contributed by atoms with Crippen molar-refractivity contribution in [2.24, 2.45) is 5.92 Å². The SMILES string of the molecule is CC(C)NCCCC(=O)NCC(O)C1CC1. The largest absolute Gasteiger partial charge is 0.391 e. The minimum atomic E-state index is -0.335. The third-order valence-corrected chi connectivity index (χ3v) is 2.81. The number of carbonyl (C=O) groups is 1. The summed E-state index contributed by atoms with van der Waals surface area (Å²) >= 11 is 0. The molecule has 1 fully saturated rings. The average Bonchev–Trinajstić information content (AvgIpc) is 3.04. The zero-order valence-corrected chi connectivity index (χ0v) is 10.3. The van der Waals surface area contributed by atoms with Crippen molar-refractivity contribution in [1.29, 1.82) is 0 Å². The quantitative estimate of drug-likeness (QED) is 0.535. The fraction of sp³-hybridized carbons (Fsp3) is 0.917. The zero-order valence-electron chi connectivity index (χ0n) is 10.3. The highest BCUT2D eigenvalue weighted by atomic mass is 16.3. The third-order valence-electron chi connectivity index (χ3n) is 2.81. The normalized spacial score (nSPS) is 17.5. The molecular weight excluding hydrogens is 204 g/mol. The molecule has 94 valence electrons. The van der Waals surface area contributed by atoms with Crippen molar-refractivity contribution in [3.8, 4) is 0 Å². The van der Waals surface area contributed by atoms with Crippen LogP contribution in [0.3, 0.4) is 0 Å². The van der Waals surface area contributed by atoms with E-state index in [2.05, 4.69) is 24.5 Å². The van der Waals surface area contributed by atoms with Crippen molar-refractivity contribution in [2.45, 2.75) is 51.7 Å². The highest BCUT2D eigenvalue weighted by Crippen LogP contribution is 2.32. The first kappa shape index (κ1) is 13.5. The van der Waals surface area contributed by atoms with Crippen LogP contribution in [0.5, 0.6) is 0 Å². The first-order valence-corrected chi connectivity index (χ1v) is 6.27. The maximum Gasteiger partial charge on any atom is 0.220 e. The summed E-state index contributed by atoms with van der Waals surface area (Å²) in [4.78, 5) is 11.4. The van der Waals surface area contributed by atoms with E-state index in [1.807, 2.05) is 0 Å². The summed E-state index contributed by atoms with van der Waals surface area (Å²) < 4.78 is 0. The number of aliphatic hydroxyl groups is 1. The van der Waals surface area contributed by atoms with Crippen molar-refractivity contribution < 1.29 is 9.90 Å². The average molecular weight is 228 g/mol. The van der Waals surface area contributed by atoms with E-state index in [0.717, 1.165) is 25.8 Å². The molecule has 4 nitrogen and oxygen atoms in total. The summed E-state index contributed by atoms with van der Waals surface area (Å²) in [5.41, 5.74) is 0. The lowest BCUT2D eigenvalue weighted by Crippen LogP contribution is -2.33. The number of hydrogen-bond acceptors (Lipinski definition) is 3. The van der Waals surface area contributed by atoms with Crippen LogP contribution in [0.15, 0.2) is 0 Å². The smallest absolute Gasteiger partial charge is 0.220 e. The number of hydrogen-bond donors (Lipinski definition) is 3. The molecule has 1 aliphatic rings. The minimum Gasteiger partial charge on any atom is -0.391 e. The number of carbonyl (C=O) groups excluding carboxylic acids is 1. The summed E-state index contributed by atoms with van der Waals surface area (Å²) in [5.74, 6) is 0.480. The van der Waals surface area contributed by atoms with Gasteiger partial charge in [0.1, 0.15) is 0 Å². The van der Waals surface area contributed by atoms with Crippen LogP contribution in [0, 0.1) is 5.92 Å². The van der Waals surface area contributed by atoms with Gasteiger partial charge in [0.25, 0.3) is 0 Å². The molecule has 4 heteroatoms. The lowest BCUT2D eigenvalue weighted by Gasteiger charge is -2.11. The van der Waals surface area contributed by atoms with E-state index in [1.165, 1.54) is 0 Å². The molecule has 3 N–H and O–H groups in total. The Hall–Kier alpha value is -0.610. The van der Waals surface area contributed by atoms with Crippen LogP contribution < -0.4 is 10.6 Å². The second kappa shape index (κ2) is 6.86. The highest BCUT2D eigenvalue weighted by Gasteiger charge is 2.29. The number of nitrogens with one attached hydrogen (secondary N) is 2. The summed E-state index contributed by atoms with van der Waals surface area (Å²) in [6, 6.07) is 0.472. The van der Waals surface area contributed by atoms with E-state index in [1.54, 1.807) is 0 Å². The van der Waals surface area contributed by atoms with Gasteiger partial charge in [-0.2, -0.15) is 0 Å². The van der Waals surface area contributed by atoms with Crippen LogP contribution >= 0.6 is 0 Å². The highest BCUT2D eigenvalue weighted by molar-refractivity contribution is 5.75. The molecule has 1 aliphatic carbocycles. The molecule has 0 aliphatic heterocycles. The maximum atomic E-state index is 11.4. The Morgan fingerprint density at radius 3 is 2.69 bits per heavy atom. The van der Waals surface area contributed by atoms with E-state index >= 15 is 0 Å². The summed E-state index contributed by atoms with van der Waals surface area (Å²) in [6.07, 6.45) is 3.27. The fourth-order valence-corrected chi connectivity index (χ4v) is 1.59. The van der Waals surface area contributed by atoms with Crippen LogP contribution in [-0.4, -0.2) is 36.2 Å². The molecule has 0 aromatic heterocycles. The number of rotatable bonds is 8. The van der Waals surface area contributed by atoms with Gasteiger partial charge in [0.2, 0.25) is 5.91 Å². The second-order valence-corrected chi connectivity index (χ2v) is 4.92. The van der Waals surface area contributed by atoms with E-state index in [0.29, 0.717) is 24.9 Å². The van der Waals surface area contributed by atoms with E-state index in [4.69, 9.17) is 0 Å². The molecule has 0 spiro atoms. The molecule has 0 aromatic rings. The third kappa shape index (κ3) is 6.08. The first-order chi connectivity index (χ1) is 7.59. The van der Waals surface area contributed by atoms with Gasteiger partial charge in [0.15, 0.2) is 0 Å². The topological polar surface area (TPSA) is 61.4 Å². The van der Waals surface area contributed by atoms with Gasteiger partial charge in [-0.25, -0.2) is 0 Å². The molecule has 1 unspecified atom stereocenters.